The summed E-state index contributed by atoms with van der Waals surface area (Å²) in [5.74, 6) is 1.42. The van der Waals surface area contributed by atoms with Crippen molar-refractivity contribution in [2.24, 2.45) is 0 Å². The normalized spacial score (nSPS) is 11.7. The molecule has 0 radical (unpaired) electrons. The molecule has 0 spiro atoms. The second-order valence-electron chi connectivity index (χ2n) is 10.5. The molecule has 5 aromatic carbocycles. The molecule has 0 aliphatic rings. The number of carbonyl (C=O) groups is 1. The maximum absolute atomic E-state index is 13.5. The Labute approximate surface area is 247 Å². The number of rotatable bonds is 11. The van der Waals surface area contributed by atoms with Crippen molar-refractivity contribution in [2.75, 3.05) is 6.54 Å². The topological polar surface area (TPSA) is 43.3 Å². The van der Waals surface area contributed by atoms with Gasteiger partial charge in [0, 0.05) is 42.5 Å². The van der Waals surface area contributed by atoms with E-state index < -0.39 is 0 Å². The van der Waals surface area contributed by atoms with Gasteiger partial charge in [0.2, 0.25) is 5.91 Å². The van der Waals surface area contributed by atoms with Gasteiger partial charge in [-0.2, -0.15) is 0 Å². The Balaban J connectivity index is 1.33. The largest absolute Gasteiger partial charge is 0.457 e. The Bertz CT molecular complexity index is 1740. The summed E-state index contributed by atoms with van der Waals surface area (Å²) in [6.07, 6.45) is 3.36. The van der Waals surface area contributed by atoms with Crippen molar-refractivity contribution >= 4 is 16.8 Å². The molecule has 0 saturated carbocycles. The second-order valence-corrected chi connectivity index (χ2v) is 10.5. The lowest BCUT2D eigenvalue weighted by molar-refractivity contribution is -0.121. The highest BCUT2D eigenvalue weighted by Crippen LogP contribution is 2.37. The third kappa shape index (κ3) is 6.61. The van der Waals surface area contributed by atoms with Gasteiger partial charge in [-0.15, -0.1) is 0 Å². The Morgan fingerprint density at radius 2 is 1.33 bits per heavy atom. The predicted octanol–water partition coefficient (Wildman–Crippen LogP) is 8.36. The number of nitrogens with one attached hydrogen (secondary N) is 1. The van der Waals surface area contributed by atoms with Gasteiger partial charge in [-0.05, 0) is 59.0 Å². The number of aromatic nitrogens is 1. The Kier molecular flexibility index (Phi) is 8.42. The zero-order valence-electron chi connectivity index (χ0n) is 23.5. The van der Waals surface area contributed by atoms with Crippen molar-refractivity contribution in [1.29, 1.82) is 0 Å². The summed E-state index contributed by atoms with van der Waals surface area (Å²) < 4.78 is 8.49. The summed E-state index contributed by atoms with van der Waals surface area (Å²) in [6.45, 7) is 1.36. The fourth-order valence-corrected chi connectivity index (χ4v) is 5.54. The lowest BCUT2D eigenvalue weighted by Crippen LogP contribution is -2.27. The highest BCUT2D eigenvalue weighted by atomic mass is 16.5. The first-order chi connectivity index (χ1) is 20.7. The molecule has 1 heterocycles. The lowest BCUT2D eigenvalue weighted by Gasteiger charge is -2.18. The van der Waals surface area contributed by atoms with Gasteiger partial charge in [0.25, 0.3) is 0 Å². The van der Waals surface area contributed by atoms with Crippen LogP contribution in [0.4, 0.5) is 0 Å². The molecule has 0 aliphatic carbocycles. The van der Waals surface area contributed by atoms with Crippen LogP contribution in [0, 0.1) is 0 Å². The van der Waals surface area contributed by atoms with Crippen LogP contribution < -0.4 is 10.1 Å². The monoisotopic (exact) mass is 550 g/mol. The molecule has 1 amide bonds. The van der Waals surface area contributed by atoms with E-state index in [1.807, 2.05) is 66.7 Å². The zero-order valence-corrected chi connectivity index (χ0v) is 23.5. The molecule has 1 N–H and O–H groups in total. The number of hydrogen-bond acceptors (Lipinski definition) is 2. The molecule has 0 aliphatic heterocycles. The van der Waals surface area contributed by atoms with E-state index >= 15 is 0 Å². The van der Waals surface area contributed by atoms with E-state index in [1.165, 1.54) is 11.1 Å². The first kappa shape index (κ1) is 27.1. The average Bonchev–Trinajstić information content (AvgIpc) is 3.39. The van der Waals surface area contributed by atoms with E-state index in [9.17, 15) is 4.79 Å². The molecule has 1 atom stereocenters. The summed E-state index contributed by atoms with van der Waals surface area (Å²) in [6, 6.07) is 47.1. The third-order valence-corrected chi connectivity index (χ3v) is 7.60. The Morgan fingerprint density at radius 3 is 2.10 bits per heavy atom. The summed E-state index contributed by atoms with van der Waals surface area (Å²) in [5, 5.41) is 4.33. The highest BCUT2D eigenvalue weighted by Gasteiger charge is 2.23. The van der Waals surface area contributed by atoms with Gasteiger partial charge >= 0.3 is 0 Å². The van der Waals surface area contributed by atoms with E-state index in [1.54, 1.807) is 0 Å². The molecule has 208 valence electrons. The van der Waals surface area contributed by atoms with Crippen LogP contribution in [0.15, 0.2) is 146 Å². The van der Waals surface area contributed by atoms with E-state index in [2.05, 4.69) is 88.9 Å². The zero-order chi connectivity index (χ0) is 28.6. The van der Waals surface area contributed by atoms with Gasteiger partial charge in [0.15, 0.2) is 0 Å². The minimum absolute atomic E-state index is 0.0326. The van der Waals surface area contributed by atoms with Crippen molar-refractivity contribution in [2.45, 2.75) is 25.3 Å². The molecule has 0 bridgehead atoms. The number of carbonyl (C=O) groups excluding carboxylic acids is 1. The van der Waals surface area contributed by atoms with Crippen LogP contribution in [0.5, 0.6) is 11.5 Å². The molecule has 6 rings (SSSR count). The summed E-state index contributed by atoms with van der Waals surface area (Å²) >= 11 is 0. The third-order valence-electron chi connectivity index (χ3n) is 7.60. The molecule has 4 nitrogen and oxygen atoms in total. The fourth-order valence-electron chi connectivity index (χ4n) is 5.54. The number of benzene rings is 5. The van der Waals surface area contributed by atoms with Crippen LogP contribution in [0.3, 0.4) is 0 Å². The van der Waals surface area contributed by atoms with Gasteiger partial charge in [0.05, 0.1) is 0 Å². The van der Waals surface area contributed by atoms with E-state index in [0.29, 0.717) is 13.0 Å². The van der Waals surface area contributed by atoms with Crippen LogP contribution in [-0.2, 0) is 17.8 Å². The quantitative estimate of drug-likeness (QED) is 0.176. The summed E-state index contributed by atoms with van der Waals surface area (Å²) in [7, 11) is 0. The number of hydrogen-bond donors (Lipinski definition) is 1. The number of para-hydroxylation sites is 2. The number of amides is 1. The first-order valence-corrected chi connectivity index (χ1v) is 14.5. The maximum Gasteiger partial charge on any atom is 0.220 e. The number of nitrogens with zero attached hydrogens (tertiary/aromatic N) is 1. The Hall–Kier alpha value is -5.09. The summed E-state index contributed by atoms with van der Waals surface area (Å²) in [4.78, 5) is 13.5. The fraction of sp³-hybridized carbons (Fsp3) is 0.132. The second kappa shape index (κ2) is 13.0. The molecular weight excluding hydrogens is 516 g/mol. The first-order valence-electron chi connectivity index (χ1n) is 14.5. The highest BCUT2D eigenvalue weighted by molar-refractivity contribution is 5.87. The Morgan fingerprint density at radius 1 is 0.690 bits per heavy atom. The molecule has 0 fully saturated rings. The van der Waals surface area contributed by atoms with Crippen LogP contribution in [0.1, 0.15) is 34.6 Å². The van der Waals surface area contributed by atoms with Crippen molar-refractivity contribution < 1.29 is 9.53 Å². The average molecular weight is 551 g/mol. The van der Waals surface area contributed by atoms with Gasteiger partial charge in [-0.1, -0.05) is 109 Å². The van der Waals surface area contributed by atoms with Gasteiger partial charge < -0.3 is 14.6 Å². The number of fused-ring (bicyclic) bond motifs is 1. The van der Waals surface area contributed by atoms with Crippen molar-refractivity contribution in [3.05, 3.63) is 168 Å². The van der Waals surface area contributed by atoms with Gasteiger partial charge in [-0.3, -0.25) is 4.79 Å². The molecule has 6 aromatic rings. The van der Waals surface area contributed by atoms with Crippen LogP contribution in [-0.4, -0.2) is 17.0 Å². The van der Waals surface area contributed by atoms with Crippen LogP contribution in [0.2, 0.25) is 0 Å². The van der Waals surface area contributed by atoms with E-state index in [4.69, 9.17) is 4.74 Å². The van der Waals surface area contributed by atoms with Crippen LogP contribution in [0.25, 0.3) is 10.9 Å². The smallest absolute Gasteiger partial charge is 0.220 e. The molecule has 1 aromatic heterocycles. The SMILES string of the molecule is O=C(CC(c1cccc(Oc2ccccc2)c1)c1cn(Cc2ccccc2)c2ccccc12)NCCc1ccccc1. The minimum atomic E-state index is -0.150. The van der Waals surface area contributed by atoms with E-state index in [0.717, 1.165) is 46.5 Å². The lowest BCUT2D eigenvalue weighted by atomic mass is 9.88. The standard InChI is InChI=1S/C38H34N2O2/c41-38(39-24-23-29-13-4-1-5-14-29)26-35(31-17-12-20-33(25-31)42-32-18-8-3-9-19-32)36-28-40(27-30-15-6-2-7-16-30)37-22-11-10-21-34(36)37/h1-22,25,28,35H,23-24,26-27H2,(H,39,41). The molecule has 0 saturated heterocycles. The van der Waals surface area contributed by atoms with Crippen LogP contribution >= 0.6 is 0 Å². The summed E-state index contributed by atoms with van der Waals surface area (Å²) in [5.41, 5.74) is 5.78. The van der Waals surface area contributed by atoms with Crippen molar-refractivity contribution in [3.8, 4) is 11.5 Å². The van der Waals surface area contributed by atoms with Crippen molar-refractivity contribution in [1.82, 2.24) is 9.88 Å². The predicted molar refractivity (Wildman–Crippen MR) is 170 cm³/mol. The number of ether oxygens (including phenoxy) is 1. The van der Waals surface area contributed by atoms with Gasteiger partial charge in [0.1, 0.15) is 11.5 Å². The molecule has 42 heavy (non-hydrogen) atoms. The van der Waals surface area contributed by atoms with Crippen molar-refractivity contribution in [3.63, 3.8) is 0 Å². The van der Waals surface area contributed by atoms with E-state index in [-0.39, 0.29) is 11.8 Å². The minimum Gasteiger partial charge on any atom is -0.457 e. The maximum atomic E-state index is 13.5. The van der Waals surface area contributed by atoms with Gasteiger partial charge in [-0.25, -0.2) is 0 Å². The molecule has 4 heteroatoms. The molecule has 1 unspecified atom stereocenters. The molecular formula is C38H34N2O2.